The molecule has 2 rings (SSSR count). The van der Waals surface area contributed by atoms with Gasteiger partial charge in [-0.1, -0.05) is 11.6 Å². The van der Waals surface area contributed by atoms with Gasteiger partial charge in [0, 0.05) is 30.6 Å². The van der Waals surface area contributed by atoms with E-state index in [0.717, 1.165) is 29.2 Å². The Labute approximate surface area is 116 Å². The molecule has 1 aromatic carbocycles. The molecule has 4 nitrogen and oxygen atoms in total. The van der Waals surface area contributed by atoms with Gasteiger partial charge in [-0.15, -0.1) is 0 Å². The molecule has 0 saturated heterocycles. The van der Waals surface area contributed by atoms with Gasteiger partial charge in [-0.3, -0.25) is 4.79 Å². The van der Waals surface area contributed by atoms with Crippen LogP contribution in [0.2, 0.25) is 5.02 Å². The van der Waals surface area contributed by atoms with Gasteiger partial charge in [-0.05, 0) is 18.4 Å². The van der Waals surface area contributed by atoms with Crippen molar-refractivity contribution in [2.45, 2.75) is 6.04 Å². The van der Waals surface area contributed by atoms with E-state index in [-0.39, 0.29) is 5.91 Å². The van der Waals surface area contributed by atoms with Gasteiger partial charge in [-0.25, -0.2) is 0 Å². The maximum atomic E-state index is 11.5. The fourth-order valence-electron chi connectivity index (χ4n) is 1.94. The summed E-state index contributed by atoms with van der Waals surface area (Å²) in [6.07, 6.45) is 2.07. The number of anilines is 2. The summed E-state index contributed by atoms with van der Waals surface area (Å²) in [6, 6.07) is 3.07. The Bertz CT molecular complexity index is 481. The van der Waals surface area contributed by atoms with E-state index in [1.165, 1.54) is 0 Å². The fourth-order valence-corrected chi connectivity index (χ4v) is 2.71. The number of rotatable bonds is 4. The SMILES string of the molecule is CSCCN(C)c1cc2c(cc1Cl)C(N)C(=O)N2. The van der Waals surface area contributed by atoms with E-state index in [1.54, 1.807) is 17.8 Å². The predicted octanol–water partition coefficient (Wildman–Crippen LogP) is 2.09. The Morgan fingerprint density at radius 3 is 2.94 bits per heavy atom. The molecule has 18 heavy (non-hydrogen) atoms. The third-order valence-corrected chi connectivity index (χ3v) is 3.93. The molecule has 0 aliphatic carbocycles. The molecule has 1 heterocycles. The zero-order valence-corrected chi connectivity index (χ0v) is 11.9. The first-order valence-corrected chi connectivity index (χ1v) is 7.41. The Balaban J connectivity index is 2.29. The van der Waals surface area contributed by atoms with Crippen LogP contribution in [0.5, 0.6) is 0 Å². The Morgan fingerprint density at radius 2 is 2.28 bits per heavy atom. The van der Waals surface area contributed by atoms with Gasteiger partial charge in [0.2, 0.25) is 5.91 Å². The maximum Gasteiger partial charge on any atom is 0.245 e. The minimum atomic E-state index is -0.608. The van der Waals surface area contributed by atoms with Gasteiger partial charge in [-0.2, -0.15) is 11.8 Å². The highest BCUT2D eigenvalue weighted by Gasteiger charge is 2.28. The molecule has 0 bridgehead atoms. The minimum absolute atomic E-state index is 0.176. The lowest BCUT2D eigenvalue weighted by Crippen LogP contribution is -2.20. The summed E-state index contributed by atoms with van der Waals surface area (Å²) < 4.78 is 0. The highest BCUT2D eigenvalue weighted by atomic mass is 35.5. The van der Waals surface area contributed by atoms with E-state index < -0.39 is 6.04 Å². The molecule has 1 aliphatic heterocycles. The van der Waals surface area contributed by atoms with E-state index >= 15 is 0 Å². The number of nitrogens with zero attached hydrogens (tertiary/aromatic N) is 1. The number of nitrogens with one attached hydrogen (secondary N) is 1. The summed E-state index contributed by atoms with van der Waals surface area (Å²) in [5.41, 5.74) is 8.23. The summed E-state index contributed by atoms with van der Waals surface area (Å²) >= 11 is 8.03. The Kier molecular flexibility index (Phi) is 4.04. The average molecular weight is 286 g/mol. The molecule has 0 saturated carbocycles. The van der Waals surface area contributed by atoms with Gasteiger partial charge in [0.15, 0.2) is 0 Å². The lowest BCUT2D eigenvalue weighted by molar-refractivity contribution is -0.116. The largest absolute Gasteiger partial charge is 0.373 e. The van der Waals surface area contributed by atoms with Crippen molar-refractivity contribution >= 4 is 40.6 Å². The first kappa shape index (κ1) is 13.5. The number of halogens is 1. The second kappa shape index (κ2) is 5.38. The van der Waals surface area contributed by atoms with E-state index in [1.807, 2.05) is 13.1 Å². The van der Waals surface area contributed by atoms with Gasteiger partial charge in [0.05, 0.1) is 10.7 Å². The lowest BCUT2D eigenvalue weighted by Gasteiger charge is -2.21. The molecule has 0 radical (unpaired) electrons. The summed E-state index contributed by atoms with van der Waals surface area (Å²) in [7, 11) is 1.99. The first-order chi connectivity index (χ1) is 8.54. The third-order valence-electron chi connectivity index (χ3n) is 3.04. The standard InChI is InChI=1S/C12H16ClN3OS/c1-16(3-4-18-2)10-6-9-7(5-8(10)13)11(14)12(17)15-9/h5-6,11H,3-4,14H2,1-2H3,(H,15,17). The molecular formula is C12H16ClN3OS. The van der Waals surface area contributed by atoms with Crippen molar-refractivity contribution in [2.24, 2.45) is 5.73 Å². The highest BCUT2D eigenvalue weighted by Crippen LogP contribution is 2.37. The van der Waals surface area contributed by atoms with Crippen molar-refractivity contribution in [3.05, 3.63) is 22.7 Å². The van der Waals surface area contributed by atoms with Crippen LogP contribution in [-0.2, 0) is 4.79 Å². The number of benzene rings is 1. The van der Waals surface area contributed by atoms with Crippen molar-refractivity contribution in [3.8, 4) is 0 Å². The van der Waals surface area contributed by atoms with Crippen molar-refractivity contribution in [2.75, 3.05) is 35.8 Å². The monoisotopic (exact) mass is 285 g/mol. The number of thioether (sulfide) groups is 1. The number of hydrogen-bond acceptors (Lipinski definition) is 4. The quantitative estimate of drug-likeness (QED) is 0.889. The zero-order chi connectivity index (χ0) is 13.3. The van der Waals surface area contributed by atoms with Crippen LogP contribution in [0.3, 0.4) is 0 Å². The number of fused-ring (bicyclic) bond motifs is 1. The van der Waals surface area contributed by atoms with Crippen LogP contribution in [0.4, 0.5) is 11.4 Å². The fraction of sp³-hybridized carbons (Fsp3) is 0.417. The summed E-state index contributed by atoms with van der Waals surface area (Å²) in [5.74, 6) is 0.848. The predicted molar refractivity (Wildman–Crippen MR) is 78.7 cm³/mol. The zero-order valence-electron chi connectivity index (χ0n) is 10.4. The number of carbonyl (C=O) groups excluding carboxylic acids is 1. The number of hydrogen-bond donors (Lipinski definition) is 2. The minimum Gasteiger partial charge on any atom is -0.373 e. The van der Waals surface area contributed by atoms with Crippen molar-refractivity contribution < 1.29 is 4.79 Å². The van der Waals surface area contributed by atoms with E-state index in [4.69, 9.17) is 17.3 Å². The molecular weight excluding hydrogens is 270 g/mol. The molecule has 1 amide bonds. The molecule has 3 N–H and O–H groups in total. The number of carbonyl (C=O) groups is 1. The second-order valence-corrected chi connectivity index (χ2v) is 5.66. The normalized spacial score (nSPS) is 17.6. The molecule has 1 aliphatic rings. The smallest absolute Gasteiger partial charge is 0.245 e. The number of amides is 1. The third kappa shape index (κ3) is 2.43. The van der Waals surface area contributed by atoms with Crippen LogP contribution < -0.4 is 16.0 Å². The van der Waals surface area contributed by atoms with E-state index in [0.29, 0.717) is 5.02 Å². The molecule has 98 valence electrons. The molecule has 6 heteroatoms. The van der Waals surface area contributed by atoms with Gasteiger partial charge in [0.1, 0.15) is 6.04 Å². The summed E-state index contributed by atoms with van der Waals surface area (Å²) in [4.78, 5) is 13.6. The number of nitrogens with two attached hydrogens (primary N) is 1. The van der Waals surface area contributed by atoms with E-state index in [9.17, 15) is 4.79 Å². The van der Waals surface area contributed by atoms with Gasteiger partial charge < -0.3 is 16.0 Å². The van der Waals surface area contributed by atoms with Crippen LogP contribution in [0.15, 0.2) is 12.1 Å². The average Bonchev–Trinajstić information content (AvgIpc) is 2.62. The van der Waals surface area contributed by atoms with Crippen LogP contribution >= 0.6 is 23.4 Å². The molecule has 1 aromatic rings. The summed E-state index contributed by atoms with van der Waals surface area (Å²) in [6.45, 7) is 0.902. The second-order valence-electron chi connectivity index (χ2n) is 4.27. The maximum absolute atomic E-state index is 11.5. The van der Waals surface area contributed by atoms with E-state index in [2.05, 4.69) is 16.5 Å². The lowest BCUT2D eigenvalue weighted by atomic mass is 10.1. The van der Waals surface area contributed by atoms with Crippen LogP contribution in [0, 0.1) is 0 Å². The van der Waals surface area contributed by atoms with Crippen LogP contribution in [0.25, 0.3) is 0 Å². The molecule has 1 unspecified atom stereocenters. The Hall–Kier alpha value is -0.910. The first-order valence-electron chi connectivity index (χ1n) is 5.64. The van der Waals surface area contributed by atoms with Crippen LogP contribution in [-0.4, -0.2) is 31.5 Å². The Morgan fingerprint density at radius 1 is 1.56 bits per heavy atom. The van der Waals surface area contributed by atoms with Crippen molar-refractivity contribution in [1.82, 2.24) is 0 Å². The molecule has 0 spiro atoms. The van der Waals surface area contributed by atoms with Crippen LogP contribution in [0.1, 0.15) is 11.6 Å². The molecule has 0 aromatic heterocycles. The molecule has 1 atom stereocenters. The highest BCUT2D eigenvalue weighted by molar-refractivity contribution is 7.98. The summed E-state index contributed by atoms with van der Waals surface area (Å²) in [5, 5.41) is 3.40. The molecule has 0 fully saturated rings. The van der Waals surface area contributed by atoms with Gasteiger partial charge >= 0.3 is 0 Å². The van der Waals surface area contributed by atoms with Crippen molar-refractivity contribution in [1.29, 1.82) is 0 Å². The van der Waals surface area contributed by atoms with Gasteiger partial charge in [0.25, 0.3) is 0 Å². The van der Waals surface area contributed by atoms with Crippen molar-refractivity contribution in [3.63, 3.8) is 0 Å². The topological polar surface area (TPSA) is 58.4 Å².